The van der Waals surface area contributed by atoms with E-state index in [9.17, 15) is 10.5 Å². The van der Waals surface area contributed by atoms with E-state index in [1.54, 1.807) is 4.68 Å². The fourth-order valence-corrected chi connectivity index (χ4v) is 4.44. The summed E-state index contributed by atoms with van der Waals surface area (Å²) in [5.41, 5.74) is 2.92. The number of nitrogens with one attached hydrogen (secondary N) is 1. The zero-order valence-electron chi connectivity index (χ0n) is 20.8. The third kappa shape index (κ3) is 4.98. The van der Waals surface area contributed by atoms with Crippen LogP contribution >= 0.6 is 0 Å². The first kappa shape index (κ1) is 23.9. The first-order valence-electron chi connectivity index (χ1n) is 11.7. The molecule has 4 rings (SSSR count). The molecular formula is C24H32N8OSi. The molecule has 0 spiro atoms. The third-order valence-corrected chi connectivity index (χ3v) is 7.75. The molecule has 34 heavy (non-hydrogen) atoms. The summed E-state index contributed by atoms with van der Waals surface area (Å²) in [7, 11) is -1.19. The SMILES string of the molecule is Cc1nn(C(C)(C)C#N)cc1Nc1nc(C2CC2)c2c(C#N)cn(COCC[Si](C)(C)C)c2n1. The number of ether oxygens (including phenoxy) is 1. The van der Waals surface area contributed by atoms with Crippen LogP contribution in [-0.4, -0.2) is 39.0 Å². The number of nitrogens with zero attached hydrogens (tertiary/aromatic N) is 7. The van der Waals surface area contributed by atoms with Gasteiger partial charge in [-0.15, -0.1) is 0 Å². The average Bonchev–Trinajstić information content (AvgIpc) is 3.47. The third-order valence-electron chi connectivity index (χ3n) is 6.05. The van der Waals surface area contributed by atoms with Crippen LogP contribution in [0.5, 0.6) is 0 Å². The molecule has 1 fully saturated rings. The molecular weight excluding hydrogens is 444 g/mol. The summed E-state index contributed by atoms with van der Waals surface area (Å²) >= 11 is 0. The van der Waals surface area contributed by atoms with Crippen LogP contribution in [0.2, 0.25) is 25.7 Å². The smallest absolute Gasteiger partial charge is 0.229 e. The van der Waals surface area contributed by atoms with Crippen molar-refractivity contribution < 1.29 is 4.74 Å². The maximum Gasteiger partial charge on any atom is 0.229 e. The lowest BCUT2D eigenvalue weighted by atomic mass is 10.1. The van der Waals surface area contributed by atoms with Gasteiger partial charge in [0.15, 0.2) is 0 Å². The number of hydrogen-bond donors (Lipinski definition) is 1. The van der Waals surface area contributed by atoms with Gasteiger partial charge in [-0.25, -0.2) is 4.98 Å². The van der Waals surface area contributed by atoms with Crippen molar-refractivity contribution in [2.45, 2.75) is 77.5 Å². The van der Waals surface area contributed by atoms with Crippen LogP contribution in [0.4, 0.5) is 11.6 Å². The molecule has 1 aliphatic carbocycles. The average molecular weight is 477 g/mol. The molecule has 1 saturated carbocycles. The Morgan fingerprint density at radius 2 is 1.94 bits per heavy atom. The van der Waals surface area contributed by atoms with Crippen LogP contribution in [0.15, 0.2) is 12.4 Å². The second-order valence-electron chi connectivity index (χ2n) is 10.7. The number of rotatable bonds is 9. The van der Waals surface area contributed by atoms with E-state index in [1.165, 1.54) is 0 Å². The minimum Gasteiger partial charge on any atom is -0.361 e. The van der Waals surface area contributed by atoms with E-state index in [4.69, 9.17) is 14.7 Å². The van der Waals surface area contributed by atoms with Gasteiger partial charge in [0.05, 0.1) is 40.3 Å². The zero-order valence-corrected chi connectivity index (χ0v) is 21.8. The van der Waals surface area contributed by atoms with E-state index >= 15 is 0 Å². The molecule has 0 bridgehead atoms. The normalized spacial score (nSPS) is 14.2. The van der Waals surface area contributed by atoms with Crippen LogP contribution in [0.3, 0.4) is 0 Å². The Bertz CT molecular complexity index is 1300. The van der Waals surface area contributed by atoms with Gasteiger partial charge < -0.3 is 14.6 Å². The molecule has 3 heterocycles. The second-order valence-corrected chi connectivity index (χ2v) is 16.4. The number of aromatic nitrogens is 5. The Labute approximate surface area is 201 Å². The summed E-state index contributed by atoms with van der Waals surface area (Å²) in [6.07, 6.45) is 5.74. The molecule has 0 aromatic carbocycles. The van der Waals surface area contributed by atoms with Gasteiger partial charge in [-0.3, -0.25) is 4.68 Å². The van der Waals surface area contributed by atoms with Crippen LogP contribution in [0.25, 0.3) is 11.0 Å². The number of nitriles is 2. The molecule has 0 aliphatic heterocycles. The highest BCUT2D eigenvalue weighted by Gasteiger charge is 2.31. The molecule has 9 nitrogen and oxygen atoms in total. The van der Waals surface area contributed by atoms with Gasteiger partial charge in [-0.05, 0) is 39.7 Å². The lowest BCUT2D eigenvalue weighted by molar-refractivity contribution is 0.0898. The molecule has 3 aromatic rings. The summed E-state index contributed by atoms with van der Waals surface area (Å²) in [5.74, 6) is 0.793. The molecule has 3 aromatic heterocycles. The molecule has 1 N–H and O–H groups in total. The summed E-state index contributed by atoms with van der Waals surface area (Å²) in [5, 5.41) is 27.9. The van der Waals surface area contributed by atoms with Gasteiger partial charge in [-0.1, -0.05) is 19.6 Å². The van der Waals surface area contributed by atoms with Crippen molar-refractivity contribution >= 4 is 30.7 Å². The van der Waals surface area contributed by atoms with Gasteiger partial charge in [-0.2, -0.15) is 20.6 Å². The van der Waals surface area contributed by atoms with Gasteiger partial charge in [0.25, 0.3) is 0 Å². The Morgan fingerprint density at radius 3 is 2.56 bits per heavy atom. The minimum absolute atomic E-state index is 0.336. The first-order chi connectivity index (χ1) is 16.0. The van der Waals surface area contributed by atoms with Crippen LogP contribution in [0, 0.1) is 29.6 Å². The van der Waals surface area contributed by atoms with Crippen molar-refractivity contribution in [3.05, 3.63) is 29.3 Å². The fourth-order valence-electron chi connectivity index (χ4n) is 3.69. The second kappa shape index (κ2) is 8.86. The Balaban J connectivity index is 1.69. The van der Waals surface area contributed by atoms with Crippen molar-refractivity contribution in [1.82, 2.24) is 24.3 Å². The standard InChI is InChI=1S/C24H32N8OSi/c1-16-19(13-32(30-16)24(2,3)14-26)27-23-28-21(17-7-8-17)20-18(11-25)12-31(22(20)29-23)15-33-9-10-34(4,5)6/h12-13,17H,7-10,15H2,1-6H3,(H,27,28,29). The number of hydrogen-bond acceptors (Lipinski definition) is 7. The summed E-state index contributed by atoms with van der Waals surface area (Å²) in [6, 6.07) is 5.66. The minimum atomic E-state index is -1.19. The van der Waals surface area contributed by atoms with Crippen LogP contribution in [0.1, 0.15) is 49.6 Å². The van der Waals surface area contributed by atoms with Crippen molar-refractivity contribution in [2.75, 3.05) is 11.9 Å². The van der Waals surface area contributed by atoms with Crippen molar-refractivity contribution in [3.8, 4) is 12.1 Å². The molecule has 0 amide bonds. The quantitative estimate of drug-likeness (QED) is 0.341. The maximum atomic E-state index is 9.79. The lowest BCUT2D eigenvalue weighted by Crippen LogP contribution is -2.24. The number of fused-ring (bicyclic) bond motifs is 1. The van der Waals surface area contributed by atoms with Crippen molar-refractivity contribution in [2.24, 2.45) is 0 Å². The molecule has 0 unspecified atom stereocenters. The number of anilines is 2. The Hall–Kier alpha value is -3.21. The summed E-state index contributed by atoms with van der Waals surface area (Å²) in [4.78, 5) is 9.60. The molecule has 0 radical (unpaired) electrons. The lowest BCUT2D eigenvalue weighted by Gasteiger charge is -2.16. The Morgan fingerprint density at radius 1 is 1.21 bits per heavy atom. The highest BCUT2D eigenvalue weighted by atomic mass is 28.3. The molecule has 0 atom stereocenters. The van der Waals surface area contributed by atoms with E-state index in [1.807, 2.05) is 37.7 Å². The van der Waals surface area contributed by atoms with Gasteiger partial charge in [0.1, 0.15) is 24.0 Å². The topological polar surface area (TPSA) is 117 Å². The molecule has 10 heteroatoms. The number of aryl methyl sites for hydroxylation is 1. The van der Waals surface area contributed by atoms with E-state index in [-0.39, 0.29) is 0 Å². The predicted octanol–water partition coefficient (Wildman–Crippen LogP) is 5.00. The monoisotopic (exact) mass is 476 g/mol. The highest BCUT2D eigenvalue weighted by Crippen LogP contribution is 2.43. The van der Waals surface area contributed by atoms with Crippen LogP contribution in [-0.2, 0) is 17.0 Å². The van der Waals surface area contributed by atoms with Crippen LogP contribution < -0.4 is 5.32 Å². The fraction of sp³-hybridized carbons (Fsp3) is 0.542. The molecule has 1 aliphatic rings. The Kier molecular flexibility index (Phi) is 6.23. The first-order valence-corrected chi connectivity index (χ1v) is 15.4. The summed E-state index contributed by atoms with van der Waals surface area (Å²) < 4.78 is 9.53. The van der Waals surface area contributed by atoms with E-state index in [2.05, 4.69) is 42.2 Å². The summed E-state index contributed by atoms with van der Waals surface area (Å²) in [6.45, 7) is 13.5. The highest BCUT2D eigenvalue weighted by molar-refractivity contribution is 6.76. The molecule has 0 saturated heterocycles. The van der Waals surface area contributed by atoms with Gasteiger partial charge in [0.2, 0.25) is 5.95 Å². The predicted molar refractivity (Wildman–Crippen MR) is 134 cm³/mol. The van der Waals surface area contributed by atoms with Crippen molar-refractivity contribution in [1.29, 1.82) is 10.5 Å². The van der Waals surface area contributed by atoms with Gasteiger partial charge in [0, 0.05) is 26.8 Å². The maximum absolute atomic E-state index is 9.79. The van der Waals surface area contributed by atoms with Crippen molar-refractivity contribution in [3.63, 3.8) is 0 Å². The van der Waals surface area contributed by atoms with E-state index in [0.29, 0.717) is 36.4 Å². The molecule has 178 valence electrons. The van der Waals surface area contributed by atoms with E-state index in [0.717, 1.165) is 41.3 Å². The largest absolute Gasteiger partial charge is 0.361 e. The van der Waals surface area contributed by atoms with E-state index < -0.39 is 13.6 Å². The zero-order chi connectivity index (χ0) is 24.7. The van der Waals surface area contributed by atoms with Gasteiger partial charge >= 0.3 is 0 Å².